The van der Waals surface area contributed by atoms with E-state index in [-0.39, 0.29) is 17.2 Å². The molecule has 1 aromatic heterocycles. The minimum atomic E-state index is -0.697. The van der Waals surface area contributed by atoms with Crippen molar-refractivity contribution in [3.8, 4) is 11.3 Å². The Bertz CT molecular complexity index is 860. The van der Waals surface area contributed by atoms with Crippen molar-refractivity contribution in [2.45, 2.75) is 33.1 Å². The van der Waals surface area contributed by atoms with Crippen LogP contribution in [0.4, 0.5) is 0 Å². The molecule has 136 valence electrons. The fourth-order valence-electron chi connectivity index (χ4n) is 4.24. The van der Waals surface area contributed by atoms with Crippen molar-refractivity contribution in [3.05, 3.63) is 47.2 Å². The Balaban J connectivity index is 1.57. The number of carboxylic acid groups (broad SMARTS) is 1. The predicted octanol–water partition coefficient (Wildman–Crippen LogP) is 3.89. The molecular weight excluding hydrogens is 330 g/mol. The van der Waals surface area contributed by atoms with Gasteiger partial charge >= 0.3 is 5.97 Å². The molecule has 1 atom stereocenters. The number of rotatable bonds is 3. The number of aryl methyl sites for hydroxylation is 1. The van der Waals surface area contributed by atoms with E-state index in [4.69, 9.17) is 4.42 Å². The number of piperidine rings is 1. The largest absolute Gasteiger partial charge is 0.481 e. The van der Waals surface area contributed by atoms with Crippen molar-refractivity contribution < 1.29 is 19.1 Å². The van der Waals surface area contributed by atoms with Gasteiger partial charge in [0.1, 0.15) is 11.5 Å². The Labute approximate surface area is 152 Å². The van der Waals surface area contributed by atoms with Crippen LogP contribution in [0.1, 0.15) is 40.9 Å². The van der Waals surface area contributed by atoms with Crippen LogP contribution in [-0.2, 0) is 4.79 Å². The third kappa shape index (κ3) is 2.62. The number of carboxylic acids is 1. The van der Waals surface area contributed by atoms with Gasteiger partial charge in [0.15, 0.2) is 0 Å². The van der Waals surface area contributed by atoms with Crippen LogP contribution in [0.5, 0.6) is 0 Å². The molecule has 1 aliphatic heterocycles. The normalized spacial score (nSPS) is 21.0. The molecule has 1 unspecified atom stereocenters. The molecule has 0 radical (unpaired) electrons. The molecule has 2 fully saturated rings. The summed E-state index contributed by atoms with van der Waals surface area (Å²) in [7, 11) is 0. The molecule has 2 aliphatic rings. The Kier molecular flexibility index (Phi) is 3.90. The van der Waals surface area contributed by atoms with Crippen LogP contribution in [0.15, 0.2) is 34.7 Å². The summed E-state index contributed by atoms with van der Waals surface area (Å²) in [5, 5.41) is 9.23. The van der Waals surface area contributed by atoms with Crippen LogP contribution < -0.4 is 0 Å². The van der Waals surface area contributed by atoms with E-state index in [0.29, 0.717) is 24.4 Å². The Morgan fingerprint density at radius 1 is 1.15 bits per heavy atom. The van der Waals surface area contributed by atoms with Crippen molar-refractivity contribution in [2.24, 2.45) is 11.3 Å². The minimum Gasteiger partial charge on any atom is -0.481 e. The van der Waals surface area contributed by atoms with Gasteiger partial charge in [0.25, 0.3) is 5.91 Å². The molecule has 1 saturated heterocycles. The number of carbonyl (C=O) groups is 2. The van der Waals surface area contributed by atoms with Gasteiger partial charge in [-0.15, -0.1) is 0 Å². The summed E-state index contributed by atoms with van der Waals surface area (Å²) in [6.45, 7) is 5.03. The molecule has 4 rings (SSSR count). The Morgan fingerprint density at radius 3 is 2.38 bits per heavy atom. The number of nitrogens with zero attached hydrogens (tertiary/aromatic N) is 1. The molecule has 2 aromatic rings. The summed E-state index contributed by atoms with van der Waals surface area (Å²) < 4.78 is 5.92. The third-order valence-electron chi connectivity index (χ3n) is 6.17. The van der Waals surface area contributed by atoms with Crippen LogP contribution in [0.3, 0.4) is 0 Å². The van der Waals surface area contributed by atoms with Crippen LogP contribution in [0.25, 0.3) is 11.3 Å². The molecule has 1 aromatic carbocycles. The average Bonchev–Trinajstić information content (AvgIpc) is 3.27. The molecule has 5 nitrogen and oxygen atoms in total. The van der Waals surface area contributed by atoms with Gasteiger partial charge < -0.3 is 14.4 Å². The second kappa shape index (κ2) is 6.01. The summed E-state index contributed by atoms with van der Waals surface area (Å²) >= 11 is 0. The van der Waals surface area contributed by atoms with Gasteiger partial charge in [-0.25, -0.2) is 0 Å². The molecule has 2 heterocycles. The van der Waals surface area contributed by atoms with Gasteiger partial charge in [0.05, 0.1) is 11.5 Å². The maximum atomic E-state index is 13.2. The summed E-state index contributed by atoms with van der Waals surface area (Å²) in [6.07, 6.45) is 2.29. The van der Waals surface area contributed by atoms with E-state index >= 15 is 0 Å². The summed E-state index contributed by atoms with van der Waals surface area (Å²) in [5.41, 5.74) is 2.33. The van der Waals surface area contributed by atoms with E-state index in [1.165, 1.54) is 0 Å². The van der Waals surface area contributed by atoms with E-state index in [0.717, 1.165) is 36.1 Å². The van der Waals surface area contributed by atoms with Crippen molar-refractivity contribution in [1.82, 2.24) is 4.90 Å². The van der Waals surface area contributed by atoms with Gasteiger partial charge in [-0.2, -0.15) is 0 Å². The predicted molar refractivity (Wildman–Crippen MR) is 96.9 cm³/mol. The molecule has 5 heteroatoms. The van der Waals surface area contributed by atoms with E-state index in [9.17, 15) is 14.7 Å². The summed E-state index contributed by atoms with van der Waals surface area (Å²) in [6, 6.07) is 9.69. The Morgan fingerprint density at radius 2 is 1.81 bits per heavy atom. The second-order valence-corrected chi connectivity index (χ2v) is 7.60. The SMILES string of the molecule is Cc1oc(-c2ccccc2)c(C(=O)N2CCC3(CC2)CC3C(=O)O)c1C. The van der Waals surface area contributed by atoms with Gasteiger partial charge in [-0.1, -0.05) is 30.3 Å². The van der Waals surface area contributed by atoms with Crippen LogP contribution in [0.2, 0.25) is 0 Å². The second-order valence-electron chi connectivity index (χ2n) is 7.60. The van der Waals surface area contributed by atoms with Crippen molar-refractivity contribution in [1.29, 1.82) is 0 Å². The summed E-state index contributed by atoms with van der Waals surface area (Å²) in [5.74, 6) is 0.449. The standard InChI is InChI=1S/C21H23NO4/c1-13-14(2)26-18(15-6-4-3-5-7-15)17(13)19(23)22-10-8-21(9-11-22)12-16(21)20(24)25/h3-7,16H,8-12H2,1-2H3,(H,24,25). The fraction of sp³-hybridized carbons (Fsp3) is 0.429. The first-order valence-corrected chi connectivity index (χ1v) is 9.10. The Hall–Kier alpha value is -2.56. The lowest BCUT2D eigenvalue weighted by Crippen LogP contribution is -2.40. The van der Waals surface area contributed by atoms with Gasteiger partial charge in [0.2, 0.25) is 0 Å². The number of hydrogen-bond acceptors (Lipinski definition) is 3. The molecule has 1 amide bonds. The molecule has 1 N–H and O–H groups in total. The van der Waals surface area contributed by atoms with E-state index in [2.05, 4.69) is 0 Å². The van der Waals surface area contributed by atoms with Crippen LogP contribution in [-0.4, -0.2) is 35.0 Å². The maximum absolute atomic E-state index is 13.2. The highest BCUT2D eigenvalue weighted by Gasteiger charge is 2.59. The zero-order valence-corrected chi connectivity index (χ0v) is 15.1. The summed E-state index contributed by atoms with van der Waals surface area (Å²) in [4.78, 5) is 26.3. The molecule has 1 saturated carbocycles. The van der Waals surface area contributed by atoms with Gasteiger partial charge in [0, 0.05) is 24.2 Å². The lowest BCUT2D eigenvalue weighted by molar-refractivity contribution is -0.139. The number of amides is 1. The molecule has 26 heavy (non-hydrogen) atoms. The first-order chi connectivity index (χ1) is 12.4. The molecule has 1 spiro atoms. The number of carbonyl (C=O) groups excluding carboxylic acids is 1. The highest BCUT2D eigenvalue weighted by molar-refractivity contribution is 6.01. The van der Waals surface area contributed by atoms with E-state index in [1.807, 2.05) is 49.1 Å². The smallest absolute Gasteiger partial charge is 0.307 e. The van der Waals surface area contributed by atoms with Gasteiger partial charge in [-0.05, 0) is 38.5 Å². The number of benzene rings is 1. The maximum Gasteiger partial charge on any atom is 0.307 e. The van der Waals surface area contributed by atoms with Crippen LogP contribution >= 0.6 is 0 Å². The zero-order valence-electron chi connectivity index (χ0n) is 15.1. The minimum absolute atomic E-state index is 0.0134. The monoisotopic (exact) mass is 353 g/mol. The van der Waals surface area contributed by atoms with Gasteiger partial charge in [-0.3, -0.25) is 9.59 Å². The highest BCUT2D eigenvalue weighted by atomic mass is 16.4. The molecule has 0 bridgehead atoms. The van der Waals surface area contributed by atoms with E-state index < -0.39 is 5.97 Å². The first kappa shape index (κ1) is 16.9. The van der Waals surface area contributed by atoms with Crippen molar-refractivity contribution >= 4 is 11.9 Å². The number of aliphatic carboxylic acids is 1. The quantitative estimate of drug-likeness (QED) is 0.909. The molecule has 1 aliphatic carbocycles. The zero-order chi connectivity index (χ0) is 18.5. The fourth-order valence-corrected chi connectivity index (χ4v) is 4.24. The van der Waals surface area contributed by atoms with Crippen LogP contribution in [0, 0.1) is 25.2 Å². The lowest BCUT2D eigenvalue weighted by atomic mass is 9.90. The average molecular weight is 353 g/mol. The third-order valence-corrected chi connectivity index (χ3v) is 6.17. The van der Waals surface area contributed by atoms with Crippen molar-refractivity contribution in [2.75, 3.05) is 13.1 Å². The highest BCUT2D eigenvalue weighted by Crippen LogP contribution is 2.59. The van der Waals surface area contributed by atoms with E-state index in [1.54, 1.807) is 0 Å². The first-order valence-electron chi connectivity index (χ1n) is 9.10. The number of likely N-dealkylation sites (tertiary alicyclic amines) is 1. The lowest BCUT2D eigenvalue weighted by Gasteiger charge is -2.32. The number of hydrogen-bond donors (Lipinski definition) is 1. The number of furan rings is 1. The topological polar surface area (TPSA) is 70.8 Å². The van der Waals surface area contributed by atoms with Crippen molar-refractivity contribution in [3.63, 3.8) is 0 Å². The molecular formula is C21H23NO4.